The van der Waals surface area contributed by atoms with Gasteiger partial charge in [0.15, 0.2) is 0 Å². The molecular formula is C23H34N2. The highest BCUT2D eigenvalue weighted by atomic mass is 15.2. The fourth-order valence-corrected chi connectivity index (χ4v) is 5.77. The average Bonchev–Trinajstić information content (AvgIpc) is 3.21. The van der Waals surface area contributed by atoms with Gasteiger partial charge in [-0.1, -0.05) is 36.4 Å². The summed E-state index contributed by atoms with van der Waals surface area (Å²) in [6.45, 7) is 10.1. The Bertz CT molecular complexity index is 555. The molecule has 1 aromatic carbocycles. The molecule has 2 saturated heterocycles. The highest BCUT2D eigenvalue weighted by Gasteiger charge is 2.47. The van der Waals surface area contributed by atoms with Crippen molar-refractivity contribution in [3.63, 3.8) is 0 Å². The predicted octanol–water partition coefficient (Wildman–Crippen LogP) is 4.82. The van der Waals surface area contributed by atoms with Gasteiger partial charge in [0.1, 0.15) is 0 Å². The molecule has 3 aliphatic rings. The summed E-state index contributed by atoms with van der Waals surface area (Å²) >= 11 is 0. The molecule has 2 aliphatic heterocycles. The molecule has 1 saturated carbocycles. The van der Waals surface area contributed by atoms with E-state index in [0.717, 1.165) is 6.54 Å². The molecule has 2 heteroatoms. The van der Waals surface area contributed by atoms with Gasteiger partial charge in [-0.15, -0.1) is 6.58 Å². The van der Waals surface area contributed by atoms with Crippen molar-refractivity contribution in [1.82, 2.24) is 9.80 Å². The zero-order valence-corrected chi connectivity index (χ0v) is 15.8. The van der Waals surface area contributed by atoms with E-state index in [4.69, 9.17) is 0 Å². The second-order valence-electron chi connectivity index (χ2n) is 8.68. The number of hydrogen-bond donors (Lipinski definition) is 0. The maximum absolute atomic E-state index is 3.91. The zero-order valence-electron chi connectivity index (χ0n) is 15.8. The standard InChI is InChI=1S/C23H34N2/c1-2-16-24-19-14-22(15-20-24)10-12-23(13-11-22,25-17-6-7-18-25)21-8-4-3-5-9-21/h2-5,8-9H,1,6-7,10-20H2. The Morgan fingerprint density at radius 3 is 2.08 bits per heavy atom. The first-order valence-corrected chi connectivity index (χ1v) is 10.4. The number of piperidine rings is 1. The molecule has 1 spiro atoms. The lowest BCUT2D eigenvalue weighted by molar-refractivity contribution is -0.0112. The van der Waals surface area contributed by atoms with Gasteiger partial charge < -0.3 is 0 Å². The van der Waals surface area contributed by atoms with Crippen molar-refractivity contribution in [2.24, 2.45) is 5.41 Å². The third-order valence-corrected chi connectivity index (χ3v) is 7.46. The molecule has 0 amide bonds. The maximum atomic E-state index is 3.91. The third-order valence-electron chi connectivity index (χ3n) is 7.46. The van der Waals surface area contributed by atoms with Crippen LogP contribution in [0.25, 0.3) is 0 Å². The lowest BCUT2D eigenvalue weighted by atomic mass is 9.61. The Morgan fingerprint density at radius 1 is 0.840 bits per heavy atom. The number of likely N-dealkylation sites (tertiary alicyclic amines) is 2. The minimum atomic E-state index is 0.321. The third kappa shape index (κ3) is 3.31. The van der Waals surface area contributed by atoms with E-state index in [1.807, 2.05) is 0 Å². The van der Waals surface area contributed by atoms with Gasteiger partial charge in [0.2, 0.25) is 0 Å². The van der Waals surface area contributed by atoms with E-state index in [1.165, 1.54) is 77.5 Å². The molecule has 1 aromatic rings. The van der Waals surface area contributed by atoms with Crippen LogP contribution in [-0.4, -0.2) is 42.5 Å². The van der Waals surface area contributed by atoms with Crippen molar-refractivity contribution in [3.8, 4) is 0 Å². The van der Waals surface area contributed by atoms with Gasteiger partial charge in [0, 0.05) is 12.1 Å². The van der Waals surface area contributed by atoms with Crippen LogP contribution in [0.1, 0.15) is 56.9 Å². The molecule has 0 unspecified atom stereocenters. The molecule has 3 fully saturated rings. The second kappa shape index (κ2) is 7.25. The second-order valence-corrected chi connectivity index (χ2v) is 8.68. The van der Waals surface area contributed by atoms with Crippen molar-refractivity contribution >= 4 is 0 Å². The minimum Gasteiger partial charge on any atom is -0.300 e. The average molecular weight is 339 g/mol. The summed E-state index contributed by atoms with van der Waals surface area (Å²) in [6.07, 6.45) is 13.2. The molecule has 0 aromatic heterocycles. The van der Waals surface area contributed by atoms with Crippen molar-refractivity contribution < 1.29 is 0 Å². The van der Waals surface area contributed by atoms with Crippen LogP contribution in [0.2, 0.25) is 0 Å². The molecule has 0 N–H and O–H groups in total. The van der Waals surface area contributed by atoms with Crippen LogP contribution in [-0.2, 0) is 5.54 Å². The first kappa shape index (κ1) is 17.3. The number of hydrogen-bond acceptors (Lipinski definition) is 2. The van der Waals surface area contributed by atoms with Crippen molar-refractivity contribution in [2.75, 3.05) is 32.7 Å². The van der Waals surface area contributed by atoms with Crippen molar-refractivity contribution in [3.05, 3.63) is 48.6 Å². The van der Waals surface area contributed by atoms with E-state index >= 15 is 0 Å². The Kier molecular flexibility index (Phi) is 5.01. The highest BCUT2D eigenvalue weighted by Crippen LogP contribution is 2.53. The molecule has 0 bridgehead atoms. The molecule has 1 aliphatic carbocycles. The monoisotopic (exact) mass is 338 g/mol. The highest BCUT2D eigenvalue weighted by molar-refractivity contribution is 5.26. The summed E-state index contributed by atoms with van der Waals surface area (Å²) in [4.78, 5) is 5.42. The quantitative estimate of drug-likeness (QED) is 0.726. The van der Waals surface area contributed by atoms with Crippen molar-refractivity contribution in [2.45, 2.75) is 56.9 Å². The Labute approximate surface area is 153 Å². The topological polar surface area (TPSA) is 6.48 Å². The summed E-state index contributed by atoms with van der Waals surface area (Å²) < 4.78 is 0. The first-order valence-electron chi connectivity index (χ1n) is 10.4. The SMILES string of the molecule is C=CCN1CCC2(CC1)CCC(c1ccccc1)(N1CCCC1)CC2. The van der Waals surface area contributed by atoms with Crippen LogP contribution in [0.3, 0.4) is 0 Å². The smallest absolute Gasteiger partial charge is 0.0461 e. The molecule has 2 nitrogen and oxygen atoms in total. The summed E-state index contributed by atoms with van der Waals surface area (Å²) in [7, 11) is 0. The largest absolute Gasteiger partial charge is 0.300 e. The van der Waals surface area contributed by atoms with Gasteiger partial charge in [-0.25, -0.2) is 0 Å². The number of rotatable bonds is 4. The lowest BCUT2D eigenvalue weighted by Gasteiger charge is -2.53. The fourth-order valence-electron chi connectivity index (χ4n) is 5.77. The van der Waals surface area contributed by atoms with E-state index in [2.05, 4.69) is 52.8 Å². The van der Waals surface area contributed by atoms with Gasteiger partial charge >= 0.3 is 0 Å². The van der Waals surface area contributed by atoms with Crippen LogP contribution in [0, 0.1) is 5.41 Å². The Balaban J connectivity index is 1.50. The van der Waals surface area contributed by atoms with Crippen LogP contribution >= 0.6 is 0 Å². The minimum absolute atomic E-state index is 0.321. The molecule has 4 rings (SSSR count). The van der Waals surface area contributed by atoms with E-state index < -0.39 is 0 Å². The summed E-state index contributed by atoms with van der Waals surface area (Å²) in [6, 6.07) is 11.4. The molecule has 0 atom stereocenters. The number of nitrogens with zero attached hydrogens (tertiary/aromatic N) is 2. The van der Waals surface area contributed by atoms with E-state index in [1.54, 1.807) is 5.56 Å². The van der Waals surface area contributed by atoms with Gasteiger partial charge in [-0.2, -0.15) is 0 Å². The Hall–Kier alpha value is -1.12. The molecule has 136 valence electrons. The first-order chi connectivity index (χ1) is 12.3. The van der Waals surface area contributed by atoms with Crippen molar-refractivity contribution in [1.29, 1.82) is 0 Å². The number of benzene rings is 1. The normalized spacial score (nSPS) is 26.7. The maximum Gasteiger partial charge on any atom is 0.0461 e. The van der Waals surface area contributed by atoms with Crippen LogP contribution in [0.5, 0.6) is 0 Å². The molecule has 2 heterocycles. The zero-order chi connectivity index (χ0) is 17.2. The fraction of sp³-hybridized carbons (Fsp3) is 0.652. The van der Waals surface area contributed by atoms with E-state index in [0.29, 0.717) is 11.0 Å². The van der Waals surface area contributed by atoms with Gasteiger partial charge in [-0.3, -0.25) is 9.80 Å². The summed E-state index contributed by atoms with van der Waals surface area (Å²) in [5, 5.41) is 0. The van der Waals surface area contributed by atoms with Crippen LogP contribution in [0.15, 0.2) is 43.0 Å². The summed E-state index contributed by atoms with van der Waals surface area (Å²) in [5.41, 5.74) is 2.52. The predicted molar refractivity (Wildman–Crippen MR) is 106 cm³/mol. The molecule has 0 radical (unpaired) electrons. The van der Waals surface area contributed by atoms with Gasteiger partial charge in [0.25, 0.3) is 0 Å². The lowest BCUT2D eigenvalue weighted by Crippen LogP contribution is -2.51. The van der Waals surface area contributed by atoms with Gasteiger partial charge in [-0.05, 0) is 88.5 Å². The van der Waals surface area contributed by atoms with Gasteiger partial charge in [0.05, 0.1) is 0 Å². The van der Waals surface area contributed by atoms with Crippen LogP contribution in [0.4, 0.5) is 0 Å². The Morgan fingerprint density at radius 2 is 1.48 bits per heavy atom. The van der Waals surface area contributed by atoms with E-state index in [9.17, 15) is 0 Å². The molecular weight excluding hydrogens is 304 g/mol. The van der Waals surface area contributed by atoms with Crippen LogP contribution < -0.4 is 0 Å². The van der Waals surface area contributed by atoms with E-state index in [-0.39, 0.29) is 0 Å². The molecule has 25 heavy (non-hydrogen) atoms. The summed E-state index contributed by atoms with van der Waals surface area (Å²) in [5.74, 6) is 0.